The number of amides is 1. The highest BCUT2D eigenvalue weighted by Crippen LogP contribution is 2.21. The number of pyridine rings is 1. The minimum atomic E-state index is -0.670. The van der Waals surface area contributed by atoms with E-state index in [1.54, 1.807) is 17.8 Å². The van der Waals surface area contributed by atoms with Gasteiger partial charge in [-0.25, -0.2) is 9.37 Å². The highest BCUT2D eigenvalue weighted by molar-refractivity contribution is 6.30. The third kappa shape index (κ3) is 2.53. The van der Waals surface area contributed by atoms with Crippen LogP contribution < -0.4 is 5.32 Å². The predicted molar refractivity (Wildman–Crippen MR) is 82.6 cm³/mol. The Morgan fingerprint density at radius 2 is 2.14 bits per heavy atom. The molecule has 112 valence electrons. The molecule has 1 amide bonds. The van der Waals surface area contributed by atoms with Gasteiger partial charge in [0.05, 0.1) is 23.1 Å². The van der Waals surface area contributed by atoms with Crippen LogP contribution in [0.5, 0.6) is 0 Å². The van der Waals surface area contributed by atoms with Crippen molar-refractivity contribution in [3.8, 4) is 0 Å². The summed E-state index contributed by atoms with van der Waals surface area (Å²) in [5, 5.41) is 7.95. The Morgan fingerprint density at radius 3 is 2.86 bits per heavy atom. The first-order valence-electron chi connectivity index (χ1n) is 6.51. The third-order valence-electron chi connectivity index (χ3n) is 3.30. The summed E-state index contributed by atoms with van der Waals surface area (Å²) < 4.78 is 15.4. The van der Waals surface area contributed by atoms with Crippen LogP contribution in [0.1, 0.15) is 16.1 Å². The van der Waals surface area contributed by atoms with Crippen molar-refractivity contribution in [2.75, 3.05) is 5.32 Å². The summed E-state index contributed by atoms with van der Waals surface area (Å²) in [5.74, 6) is -1.23. The summed E-state index contributed by atoms with van der Waals surface area (Å²) in [4.78, 5) is 16.4. The van der Waals surface area contributed by atoms with Gasteiger partial charge in [-0.1, -0.05) is 11.6 Å². The first kappa shape index (κ1) is 14.5. The number of benzene rings is 1. The molecule has 0 saturated heterocycles. The fraction of sp³-hybridized carbons (Fsp3) is 0.133. The maximum atomic E-state index is 13.7. The molecule has 0 saturated carbocycles. The molecule has 1 aromatic carbocycles. The van der Waals surface area contributed by atoms with Crippen LogP contribution in [0, 0.1) is 12.7 Å². The molecule has 0 atom stereocenters. The maximum Gasteiger partial charge on any atom is 0.258 e. The van der Waals surface area contributed by atoms with Gasteiger partial charge in [-0.3, -0.25) is 9.48 Å². The number of anilines is 1. The Kier molecular flexibility index (Phi) is 3.54. The number of fused-ring (bicyclic) bond motifs is 1. The number of carbonyl (C=O) groups is 1. The molecule has 0 bridgehead atoms. The number of nitrogens with zero attached hydrogens (tertiary/aromatic N) is 3. The molecular weight excluding hydrogens is 307 g/mol. The zero-order valence-corrected chi connectivity index (χ0v) is 12.6. The van der Waals surface area contributed by atoms with Crippen LogP contribution in [0.3, 0.4) is 0 Å². The summed E-state index contributed by atoms with van der Waals surface area (Å²) in [6.07, 6.45) is 1.51. The number of carbonyl (C=O) groups excluding carboxylic acids is 1. The Morgan fingerprint density at radius 1 is 1.36 bits per heavy atom. The lowest BCUT2D eigenvalue weighted by Crippen LogP contribution is -2.13. The van der Waals surface area contributed by atoms with E-state index in [0.29, 0.717) is 11.3 Å². The van der Waals surface area contributed by atoms with Crippen LogP contribution in [-0.2, 0) is 7.05 Å². The van der Waals surface area contributed by atoms with E-state index < -0.39 is 11.7 Å². The lowest BCUT2D eigenvalue weighted by Gasteiger charge is -2.06. The molecule has 7 heteroatoms. The van der Waals surface area contributed by atoms with E-state index in [1.165, 1.54) is 18.3 Å². The lowest BCUT2D eigenvalue weighted by molar-refractivity contribution is 0.102. The Hall–Kier alpha value is -2.47. The molecule has 2 heterocycles. The molecule has 0 fully saturated rings. The molecule has 0 aliphatic carbocycles. The molecule has 0 aliphatic rings. The normalized spacial score (nSPS) is 10.9. The van der Waals surface area contributed by atoms with Gasteiger partial charge in [0.1, 0.15) is 5.82 Å². The van der Waals surface area contributed by atoms with Gasteiger partial charge < -0.3 is 5.32 Å². The Bertz CT molecular complexity index is 891. The molecule has 22 heavy (non-hydrogen) atoms. The zero-order valence-electron chi connectivity index (χ0n) is 11.9. The minimum absolute atomic E-state index is 0.0765. The Balaban J connectivity index is 1.92. The first-order chi connectivity index (χ1) is 10.5. The molecule has 0 aliphatic heterocycles. The molecule has 1 N–H and O–H groups in total. The fourth-order valence-electron chi connectivity index (χ4n) is 2.25. The van der Waals surface area contributed by atoms with Crippen molar-refractivity contribution in [1.29, 1.82) is 0 Å². The molecule has 2 aromatic heterocycles. The second-order valence-electron chi connectivity index (χ2n) is 4.88. The van der Waals surface area contributed by atoms with Gasteiger partial charge in [0.25, 0.3) is 5.91 Å². The summed E-state index contributed by atoms with van der Waals surface area (Å²) >= 11 is 5.68. The van der Waals surface area contributed by atoms with Gasteiger partial charge in [-0.15, -0.1) is 0 Å². The number of nitrogens with one attached hydrogen (secondary N) is 1. The second kappa shape index (κ2) is 5.38. The van der Waals surface area contributed by atoms with E-state index >= 15 is 0 Å². The van der Waals surface area contributed by atoms with E-state index in [9.17, 15) is 9.18 Å². The predicted octanol–water partition coefficient (Wildman–Crippen LogP) is 3.32. The molecule has 0 unspecified atom stereocenters. The highest BCUT2D eigenvalue weighted by atomic mass is 35.5. The molecule has 5 nitrogen and oxygen atoms in total. The quantitative estimate of drug-likeness (QED) is 0.788. The number of hydrogen-bond acceptors (Lipinski definition) is 3. The molecule has 0 radical (unpaired) electrons. The van der Waals surface area contributed by atoms with Gasteiger partial charge >= 0.3 is 0 Å². The van der Waals surface area contributed by atoms with Crippen LogP contribution in [0.4, 0.5) is 10.1 Å². The number of halogens is 2. The maximum absolute atomic E-state index is 13.7. The topological polar surface area (TPSA) is 59.8 Å². The highest BCUT2D eigenvalue weighted by Gasteiger charge is 2.14. The van der Waals surface area contributed by atoms with Crippen molar-refractivity contribution in [2.45, 2.75) is 6.92 Å². The largest absolute Gasteiger partial charge is 0.320 e. The van der Waals surface area contributed by atoms with Crippen LogP contribution in [-0.4, -0.2) is 20.7 Å². The standard InChI is InChI=1S/C15H12ClFN4O/c1-8-12-6-10(7-18-14(12)21(2)20-8)19-15(22)11-4-3-9(16)5-13(11)17/h3-7H,1-2H3,(H,19,22). The summed E-state index contributed by atoms with van der Waals surface area (Å²) in [6, 6.07) is 5.67. The smallest absolute Gasteiger partial charge is 0.258 e. The van der Waals surface area contributed by atoms with E-state index in [-0.39, 0.29) is 10.6 Å². The SMILES string of the molecule is Cc1nn(C)c2ncc(NC(=O)c3ccc(Cl)cc3F)cc12. The van der Waals surface area contributed by atoms with Gasteiger partial charge in [-0.05, 0) is 31.2 Å². The van der Waals surface area contributed by atoms with Crippen molar-refractivity contribution in [2.24, 2.45) is 7.05 Å². The van der Waals surface area contributed by atoms with Crippen molar-refractivity contribution >= 4 is 34.2 Å². The van der Waals surface area contributed by atoms with Crippen LogP contribution in [0.15, 0.2) is 30.5 Å². The molecular formula is C15H12ClFN4O. The van der Waals surface area contributed by atoms with Gasteiger partial charge in [0, 0.05) is 17.5 Å². The average molecular weight is 319 g/mol. The summed E-state index contributed by atoms with van der Waals surface area (Å²) in [7, 11) is 1.80. The Labute approximate surface area is 130 Å². The van der Waals surface area contributed by atoms with E-state index in [4.69, 9.17) is 11.6 Å². The number of aromatic nitrogens is 3. The number of hydrogen-bond donors (Lipinski definition) is 1. The van der Waals surface area contributed by atoms with Gasteiger partial charge in [0.2, 0.25) is 0 Å². The average Bonchev–Trinajstić information content (AvgIpc) is 2.73. The van der Waals surface area contributed by atoms with Gasteiger partial charge in [-0.2, -0.15) is 5.10 Å². The summed E-state index contributed by atoms with van der Waals surface area (Å²) in [6.45, 7) is 1.86. The van der Waals surface area contributed by atoms with Crippen LogP contribution in [0.25, 0.3) is 11.0 Å². The van der Waals surface area contributed by atoms with Crippen molar-refractivity contribution in [3.05, 3.63) is 52.6 Å². The van der Waals surface area contributed by atoms with Crippen LogP contribution >= 0.6 is 11.6 Å². The fourth-order valence-corrected chi connectivity index (χ4v) is 2.41. The van der Waals surface area contributed by atoms with E-state index in [0.717, 1.165) is 17.1 Å². The zero-order chi connectivity index (χ0) is 15.9. The van der Waals surface area contributed by atoms with E-state index in [2.05, 4.69) is 15.4 Å². The minimum Gasteiger partial charge on any atom is -0.320 e. The number of rotatable bonds is 2. The lowest BCUT2D eigenvalue weighted by atomic mass is 10.2. The van der Waals surface area contributed by atoms with Crippen molar-refractivity contribution in [3.63, 3.8) is 0 Å². The second-order valence-corrected chi connectivity index (χ2v) is 5.32. The number of aryl methyl sites for hydroxylation is 2. The summed E-state index contributed by atoms with van der Waals surface area (Å²) in [5.41, 5.74) is 1.92. The third-order valence-corrected chi connectivity index (χ3v) is 3.53. The first-order valence-corrected chi connectivity index (χ1v) is 6.89. The van der Waals surface area contributed by atoms with Gasteiger partial charge in [0.15, 0.2) is 5.65 Å². The van der Waals surface area contributed by atoms with Crippen LogP contribution in [0.2, 0.25) is 5.02 Å². The molecule has 3 rings (SSSR count). The molecule has 3 aromatic rings. The van der Waals surface area contributed by atoms with Crippen molar-refractivity contribution < 1.29 is 9.18 Å². The molecule has 0 spiro atoms. The van der Waals surface area contributed by atoms with E-state index in [1.807, 2.05) is 6.92 Å². The van der Waals surface area contributed by atoms with Crippen molar-refractivity contribution in [1.82, 2.24) is 14.8 Å². The monoisotopic (exact) mass is 318 g/mol.